The van der Waals surface area contributed by atoms with E-state index in [4.69, 9.17) is 4.74 Å². The maximum Gasteiger partial charge on any atom is 0.246 e. The first kappa shape index (κ1) is 9.92. The Morgan fingerprint density at radius 2 is 2.21 bits per heavy atom. The van der Waals surface area contributed by atoms with Crippen LogP contribution >= 0.6 is 22.6 Å². The van der Waals surface area contributed by atoms with Crippen molar-refractivity contribution in [1.29, 1.82) is 0 Å². The zero-order valence-corrected chi connectivity index (χ0v) is 9.65. The second kappa shape index (κ2) is 4.27. The third-order valence-corrected chi connectivity index (χ3v) is 3.12. The highest BCUT2D eigenvalue weighted by Gasteiger charge is 2.21. The molecule has 2 rings (SSSR count). The minimum Gasteiger partial charge on any atom is -0.369 e. The minimum atomic E-state index is -0.0408. The Labute approximate surface area is 96.0 Å². The number of morpholine rings is 1. The van der Waals surface area contributed by atoms with Gasteiger partial charge in [-0.3, -0.25) is 4.79 Å². The third-order valence-electron chi connectivity index (χ3n) is 2.13. The van der Waals surface area contributed by atoms with Gasteiger partial charge in [-0.2, -0.15) is 0 Å². The summed E-state index contributed by atoms with van der Waals surface area (Å²) in [4.78, 5) is 11.1. The summed E-state index contributed by atoms with van der Waals surface area (Å²) in [7, 11) is 0. The highest BCUT2D eigenvalue weighted by Crippen LogP contribution is 2.21. The average Bonchev–Trinajstić information content (AvgIpc) is 2.18. The van der Waals surface area contributed by atoms with Gasteiger partial charge in [0.25, 0.3) is 0 Å². The number of nitrogens with one attached hydrogen (secondary N) is 1. The molecule has 0 spiro atoms. The van der Waals surface area contributed by atoms with Crippen LogP contribution in [0.2, 0.25) is 0 Å². The maximum atomic E-state index is 11.1. The number of amides is 1. The fourth-order valence-corrected chi connectivity index (χ4v) is 2.24. The van der Waals surface area contributed by atoms with Crippen LogP contribution in [-0.4, -0.2) is 19.1 Å². The Balaban J connectivity index is 2.22. The lowest BCUT2D eigenvalue weighted by Gasteiger charge is -2.24. The molecule has 1 saturated heterocycles. The van der Waals surface area contributed by atoms with E-state index < -0.39 is 0 Å². The number of benzene rings is 1. The zero-order valence-electron chi connectivity index (χ0n) is 7.50. The topological polar surface area (TPSA) is 38.3 Å². The van der Waals surface area contributed by atoms with Crippen LogP contribution in [0, 0.1) is 3.57 Å². The second-order valence-corrected chi connectivity index (χ2v) is 4.32. The molecule has 1 aliphatic rings. The number of hydrogen-bond donors (Lipinski definition) is 1. The number of hydrogen-bond acceptors (Lipinski definition) is 2. The Bertz CT molecular complexity index is 354. The Morgan fingerprint density at radius 1 is 1.43 bits per heavy atom. The normalized spacial score (nSPS) is 21.8. The molecule has 14 heavy (non-hydrogen) atoms. The van der Waals surface area contributed by atoms with Crippen LogP contribution in [0.25, 0.3) is 0 Å². The first-order chi connectivity index (χ1) is 6.77. The quantitative estimate of drug-likeness (QED) is 0.798. The molecule has 1 heterocycles. The van der Waals surface area contributed by atoms with Crippen molar-refractivity contribution >= 4 is 28.5 Å². The summed E-state index contributed by atoms with van der Waals surface area (Å²) in [6.07, 6.45) is 0. The largest absolute Gasteiger partial charge is 0.369 e. The summed E-state index contributed by atoms with van der Waals surface area (Å²) >= 11 is 2.26. The van der Waals surface area contributed by atoms with Gasteiger partial charge in [-0.1, -0.05) is 18.2 Å². The summed E-state index contributed by atoms with van der Waals surface area (Å²) in [6.45, 7) is 0.742. The second-order valence-electron chi connectivity index (χ2n) is 3.16. The molecule has 0 radical (unpaired) electrons. The number of halogens is 1. The molecule has 0 unspecified atom stereocenters. The molecule has 1 aromatic carbocycles. The van der Waals surface area contributed by atoms with Gasteiger partial charge in [-0.15, -0.1) is 0 Å². The van der Waals surface area contributed by atoms with E-state index in [0.29, 0.717) is 6.61 Å². The lowest BCUT2D eigenvalue weighted by atomic mass is 10.1. The molecule has 0 saturated carbocycles. The van der Waals surface area contributed by atoms with Gasteiger partial charge in [0.1, 0.15) is 6.61 Å². The van der Waals surface area contributed by atoms with Crippen LogP contribution in [0.5, 0.6) is 0 Å². The van der Waals surface area contributed by atoms with Crippen molar-refractivity contribution in [2.24, 2.45) is 0 Å². The third kappa shape index (κ3) is 2.06. The minimum absolute atomic E-state index is 0.00403. The molecular weight excluding hydrogens is 293 g/mol. The van der Waals surface area contributed by atoms with E-state index in [0.717, 1.165) is 9.13 Å². The van der Waals surface area contributed by atoms with Gasteiger partial charge in [0.2, 0.25) is 5.91 Å². The number of carbonyl (C=O) groups excluding carboxylic acids is 1. The van der Waals surface area contributed by atoms with E-state index in [1.165, 1.54) is 0 Å². The Morgan fingerprint density at radius 3 is 2.93 bits per heavy atom. The molecule has 1 fully saturated rings. The lowest BCUT2D eigenvalue weighted by molar-refractivity contribution is -0.131. The first-order valence-electron chi connectivity index (χ1n) is 4.39. The molecule has 4 heteroatoms. The van der Waals surface area contributed by atoms with Crippen LogP contribution in [0.4, 0.5) is 0 Å². The molecule has 0 aromatic heterocycles. The fourth-order valence-electron chi connectivity index (χ4n) is 1.47. The van der Waals surface area contributed by atoms with Gasteiger partial charge in [0.05, 0.1) is 12.6 Å². The number of carbonyl (C=O) groups is 1. The standard InChI is InChI=1S/C10H10INO2/c11-8-4-2-1-3-7(8)9-5-14-6-10(13)12-9/h1-4,9H,5-6H2,(H,12,13)/t9-/m1/s1. The van der Waals surface area contributed by atoms with Crippen LogP contribution in [0.1, 0.15) is 11.6 Å². The SMILES string of the molecule is O=C1COC[C@H](c2ccccc2I)N1. The van der Waals surface area contributed by atoms with Gasteiger partial charge in [0, 0.05) is 3.57 Å². The molecule has 1 atom stereocenters. The molecular formula is C10H10INO2. The zero-order chi connectivity index (χ0) is 9.97. The van der Waals surface area contributed by atoms with E-state index in [1.807, 2.05) is 24.3 Å². The number of rotatable bonds is 1. The summed E-state index contributed by atoms with van der Waals surface area (Å²) in [5, 5.41) is 2.90. The highest BCUT2D eigenvalue weighted by atomic mass is 127. The van der Waals surface area contributed by atoms with E-state index in [1.54, 1.807) is 0 Å². The Hall–Kier alpha value is -0.620. The lowest BCUT2D eigenvalue weighted by Crippen LogP contribution is -2.40. The maximum absolute atomic E-state index is 11.1. The van der Waals surface area contributed by atoms with Crippen molar-refractivity contribution in [1.82, 2.24) is 5.32 Å². The number of ether oxygens (including phenoxy) is 1. The van der Waals surface area contributed by atoms with Crippen molar-refractivity contribution in [3.05, 3.63) is 33.4 Å². The smallest absolute Gasteiger partial charge is 0.246 e. The van der Waals surface area contributed by atoms with Gasteiger partial charge >= 0.3 is 0 Å². The molecule has 3 nitrogen and oxygen atoms in total. The van der Waals surface area contributed by atoms with E-state index >= 15 is 0 Å². The Kier molecular flexibility index (Phi) is 3.02. The van der Waals surface area contributed by atoms with Crippen molar-refractivity contribution in [2.45, 2.75) is 6.04 Å². The van der Waals surface area contributed by atoms with Crippen molar-refractivity contribution in [3.8, 4) is 0 Å². The van der Waals surface area contributed by atoms with E-state index in [2.05, 4.69) is 27.9 Å². The molecule has 1 aromatic rings. The molecule has 1 aliphatic heterocycles. The fraction of sp³-hybridized carbons (Fsp3) is 0.300. The molecule has 1 N–H and O–H groups in total. The predicted octanol–water partition coefficient (Wildman–Crippen LogP) is 1.48. The monoisotopic (exact) mass is 303 g/mol. The highest BCUT2D eigenvalue weighted by molar-refractivity contribution is 14.1. The van der Waals surface area contributed by atoms with Gasteiger partial charge < -0.3 is 10.1 Å². The van der Waals surface area contributed by atoms with Gasteiger partial charge in [-0.25, -0.2) is 0 Å². The van der Waals surface area contributed by atoms with Crippen LogP contribution in [0.3, 0.4) is 0 Å². The first-order valence-corrected chi connectivity index (χ1v) is 5.47. The molecule has 0 aliphatic carbocycles. The average molecular weight is 303 g/mol. The summed E-state index contributed by atoms with van der Waals surface area (Å²) < 4.78 is 6.34. The van der Waals surface area contributed by atoms with E-state index in [-0.39, 0.29) is 18.6 Å². The molecule has 0 bridgehead atoms. The van der Waals surface area contributed by atoms with E-state index in [9.17, 15) is 4.79 Å². The van der Waals surface area contributed by atoms with Crippen LogP contribution < -0.4 is 5.32 Å². The molecule has 74 valence electrons. The van der Waals surface area contributed by atoms with Gasteiger partial charge in [-0.05, 0) is 34.2 Å². The van der Waals surface area contributed by atoms with Crippen molar-refractivity contribution in [2.75, 3.05) is 13.2 Å². The summed E-state index contributed by atoms with van der Waals surface area (Å²) in [5.74, 6) is -0.0408. The van der Waals surface area contributed by atoms with Crippen molar-refractivity contribution < 1.29 is 9.53 Å². The van der Waals surface area contributed by atoms with Crippen LogP contribution in [0.15, 0.2) is 24.3 Å². The van der Waals surface area contributed by atoms with Crippen molar-refractivity contribution in [3.63, 3.8) is 0 Å². The van der Waals surface area contributed by atoms with Gasteiger partial charge in [0.15, 0.2) is 0 Å². The van der Waals surface area contributed by atoms with Crippen LogP contribution in [-0.2, 0) is 9.53 Å². The summed E-state index contributed by atoms with van der Waals surface area (Å²) in [6, 6.07) is 8.00. The summed E-state index contributed by atoms with van der Waals surface area (Å²) in [5.41, 5.74) is 1.13. The molecule has 1 amide bonds. The predicted molar refractivity (Wildman–Crippen MR) is 60.9 cm³/mol.